The van der Waals surface area contributed by atoms with Gasteiger partial charge in [-0.1, -0.05) is 5.16 Å². The largest absolute Gasteiger partial charge is 0.477 e. The van der Waals surface area contributed by atoms with E-state index < -0.39 is 42.5 Å². The molecule has 42 heavy (non-hydrogen) atoms. The summed E-state index contributed by atoms with van der Waals surface area (Å²) in [6.07, 6.45) is 4.50. The highest BCUT2D eigenvalue weighted by Crippen LogP contribution is 2.40. The van der Waals surface area contributed by atoms with Gasteiger partial charge in [-0.3, -0.25) is 14.5 Å². The molecule has 1 saturated heterocycles. The molecular formula is C24H28FN10O5S2+. The van der Waals surface area contributed by atoms with E-state index in [1.54, 1.807) is 6.33 Å². The maximum atomic E-state index is 13.2. The number of carboxylic acid groups (broad SMARTS) is 1. The lowest BCUT2D eigenvalue weighted by Gasteiger charge is -2.49. The molecule has 3 aromatic heterocycles. The third kappa shape index (κ3) is 5.77. The van der Waals surface area contributed by atoms with Crippen LogP contribution in [0.1, 0.15) is 12.2 Å². The third-order valence-corrected chi connectivity index (χ3v) is 8.45. The van der Waals surface area contributed by atoms with Crippen LogP contribution in [0.5, 0.6) is 0 Å². The van der Waals surface area contributed by atoms with Crippen molar-refractivity contribution in [1.29, 1.82) is 0 Å². The molecule has 0 aliphatic carbocycles. The van der Waals surface area contributed by atoms with Gasteiger partial charge in [-0.05, 0) is 37.1 Å². The Morgan fingerprint density at radius 1 is 1.40 bits per heavy atom. The molecule has 222 valence electrons. The number of hydrogen-bond acceptors (Lipinski definition) is 12. The van der Waals surface area contributed by atoms with Crippen molar-refractivity contribution >= 4 is 63.1 Å². The lowest BCUT2D eigenvalue weighted by atomic mass is 10.0. The van der Waals surface area contributed by atoms with E-state index in [1.165, 1.54) is 16.7 Å². The number of amides is 2. The minimum Gasteiger partial charge on any atom is -0.477 e. The number of carbonyl (C=O) groups is 3. The number of anilines is 1. The van der Waals surface area contributed by atoms with Crippen LogP contribution < -0.4 is 20.9 Å². The van der Waals surface area contributed by atoms with Gasteiger partial charge in [0.1, 0.15) is 42.5 Å². The molecule has 0 aromatic carbocycles. The Balaban J connectivity index is 1.35. The second-order valence-corrected chi connectivity index (χ2v) is 11.2. The molecule has 2 aliphatic heterocycles. The van der Waals surface area contributed by atoms with E-state index >= 15 is 0 Å². The summed E-state index contributed by atoms with van der Waals surface area (Å²) < 4.78 is 20.4. The van der Waals surface area contributed by atoms with Gasteiger partial charge in [0.15, 0.2) is 5.13 Å². The second kappa shape index (κ2) is 12.8. The number of fused-ring (bicyclic) bond motifs is 2. The number of nitrogens with zero attached hydrogens (tertiary/aromatic N) is 7. The molecule has 0 bridgehead atoms. The monoisotopic (exact) mass is 619 g/mol. The Bertz CT molecular complexity index is 1570. The number of hydrogen-bond donors (Lipinski definition) is 4. The van der Waals surface area contributed by atoms with Gasteiger partial charge in [0, 0.05) is 29.4 Å². The fraction of sp³-hybridized carbons (Fsp3) is 0.417. The van der Waals surface area contributed by atoms with Crippen LogP contribution in [0.4, 0.5) is 9.52 Å². The molecule has 2 amide bonds. The molecule has 2 aliphatic rings. The van der Waals surface area contributed by atoms with Crippen LogP contribution in [0.3, 0.4) is 0 Å². The van der Waals surface area contributed by atoms with Crippen molar-refractivity contribution in [2.75, 3.05) is 38.4 Å². The Morgan fingerprint density at radius 3 is 2.95 bits per heavy atom. The lowest BCUT2D eigenvalue weighted by molar-refractivity contribution is -0.664. The second-order valence-electron chi connectivity index (χ2n) is 9.28. The quantitative estimate of drug-likeness (QED) is 0.0633. The summed E-state index contributed by atoms with van der Waals surface area (Å²) in [6.45, 7) is 0.619. The fourth-order valence-electron chi connectivity index (χ4n) is 4.69. The van der Waals surface area contributed by atoms with Crippen molar-refractivity contribution in [2.24, 2.45) is 5.16 Å². The fourth-order valence-corrected chi connectivity index (χ4v) is 6.46. The molecule has 0 spiro atoms. The number of nitrogens with one attached hydrogen (secondary N) is 2. The molecule has 18 heteroatoms. The molecule has 5 heterocycles. The number of thioether (sulfide) groups is 1. The Morgan fingerprint density at radius 2 is 2.24 bits per heavy atom. The number of carbonyl (C=O) groups excluding carboxylic acids is 2. The summed E-state index contributed by atoms with van der Waals surface area (Å²) in [5.41, 5.74) is 7.26. The zero-order valence-electron chi connectivity index (χ0n) is 22.4. The number of oxime groups is 1. The summed E-state index contributed by atoms with van der Waals surface area (Å²) >= 11 is 2.15. The first-order chi connectivity index (χ1) is 20.3. The molecule has 1 fully saturated rings. The van der Waals surface area contributed by atoms with Crippen LogP contribution in [-0.2, 0) is 32.3 Å². The smallest absolute Gasteiger partial charge is 0.352 e. The minimum atomic E-state index is -1.25. The van der Waals surface area contributed by atoms with E-state index in [-0.39, 0.29) is 28.9 Å². The van der Waals surface area contributed by atoms with E-state index in [9.17, 15) is 23.9 Å². The van der Waals surface area contributed by atoms with Gasteiger partial charge in [0.2, 0.25) is 17.9 Å². The Kier molecular flexibility index (Phi) is 8.93. The van der Waals surface area contributed by atoms with Gasteiger partial charge >= 0.3 is 11.6 Å². The highest BCUT2D eigenvalue weighted by molar-refractivity contribution is 8.00. The number of aromatic nitrogens is 5. The standard InChI is InChI=1S/C24H27FN10O5S2/c1-27-6-3-8-34-12-28-19-14(34)4-2-7-33(19)10-13-11-41-22-16(21(37)35(22)17(13)23(38)39)29-20(36)15(31-40-9-5-25)18-30-24(26)42-32-18/h2,4,7,12,16,22,27H,3,5-6,8-11H2,1H3,(H3-,26,29,30,32,36,38,39)/p+1. The molecule has 0 saturated carbocycles. The van der Waals surface area contributed by atoms with E-state index in [4.69, 9.17) is 10.6 Å². The predicted molar refractivity (Wildman–Crippen MR) is 151 cm³/mol. The molecular weight excluding hydrogens is 591 g/mol. The van der Waals surface area contributed by atoms with Gasteiger partial charge in [0.05, 0.1) is 6.20 Å². The molecule has 2 unspecified atom stereocenters. The average Bonchev–Trinajstić information content (AvgIpc) is 3.60. The van der Waals surface area contributed by atoms with Crippen molar-refractivity contribution in [3.63, 3.8) is 0 Å². The molecule has 5 rings (SSSR count). The van der Waals surface area contributed by atoms with Crippen molar-refractivity contribution in [1.82, 2.24) is 34.4 Å². The molecule has 3 aromatic rings. The SMILES string of the molecule is CNCCCn1cnc2c1ccc[n+]2CC1=C(C(=O)O)N2C(=O)C(NC(=O)C(=NOCCF)c3nsc(N)n3)C2SC1. The lowest BCUT2D eigenvalue weighted by Crippen LogP contribution is -2.71. The number of aliphatic carboxylic acids is 1. The molecule has 15 nitrogen and oxygen atoms in total. The Labute approximate surface area is 246 Å². The number of nitrogen functional groups attached to an aromatic ring is 1. The van der Waals surface area contributed by atoms with Gasteiger partial charge < -0.3 is 30.9 Å². The summed E-state index contributed by atoms with van der Waals surface area (Å²) in [7, 11) is 1.90. The van der Waals surface area contributed by atoms with E-state index in [1.807, 2.05) is 34.5 Å². The Hall–Kier alpha value is -4.16. The van der Waals surface area contributed by atoms with Crippen LogP contribution in [0.2, 0.25) is 0 Å². The third-order valence-electron chi connectivity index (χ3n) is 6.57. The van der Waals surface area contributed by atoms with Gasteiger partial charge in [-0.25, -0.2) is 13.8 Å². The van der Waals surface area contributed by atoms with Crippen LogP contribution >= 0.6 is 23.3 Å². The van der Waals surface area contributed by atoms with Gasteiger partial charge in [0.25, 0.3) is 11.8 Å². The summed E-state index contributed by atoms with van der Waals surface area (Å²) in [5.74, 6) is -2.52. The maximum Gasteiger partial charge on any atom is 0.352 e. The number of imidazole rings is 1. The average molecular weight is 620 g/mol. The summed E-state index contributed by atoms with van der Waals surface area (Å²) in [5, 5.41) is 18.8. The number of halogens is 1. The van der Waals surface area contributed by atoms with Gasteiger partial charge in [-0.15, -0.1) is 11.8 Å². The zero-order chi connectivity index (χ0) is 29.8. The highest BCUT2D eigenvalue weighted by atomic mass is 32.2. The number of β-lactam (4-membered cyclic amide) rings is 1. The summed E-state index contributed by atoms with van der Waals surface area (Å²) in [4.78, 5) is 53.1. The summed E-state index contributed by atoms with van der Waals surface area (Å²) in [6, 6.07) is 2.79. The normalized spacial score (nSPS) is 18.7. The topological polar surface area (TPSA) is 194 Å². The van der Waals surface area contributed by atoms with E-state index in [0.717, 1.165) is 36.6 Å². The minimum absolute atomic E-state index is 0.0719. The number of alkyl halides is 1. The molecule has 2 atom stereocenters. The first-order valence-corrected chi connectivity index (χ1v) is 14.7. The van der Waals surface area contributed by atoms with Crippen molar-refractivity contribution in [3.8, 4) is 0 Å². The van der Waals surface area contributed by atoms with E-state index in [2.05, 4.69) is 30.1 Å². The van der Waals surface area contributed by atoms with Crippen LogP contribution in [0, 0.1) is 0 Å². The van der Waals surface area contributed by atoms with Crippen LogP contribution in [0.25, 0.3) is 11.2 Å². The molecule has 0 radical (unpaired) electrons. The number of rotatable bonds is 13. The molecule has 5 N–H and O–H groups in total. The van der Waals surface area contributed by atoms with Gasteiger partial charge in [-0.2, -0.15) is 9.36 Å². The van der Waals surface area contributed by atoms with E-state index in [0.29, 0.717) is 17.0 Å². The maximum absolute atomic E-state index is 13.2. The first-order valence-electron chi connectivity index (χ1n) is 12.9. The number of carboxylic acids is 1. The zero-order valence-corrected chi connectivity index (χ0v) is 24.0. The van der Waals surface area contributed by atoms with Crippen molar-refractivity contribution in [2.45, 2.75) is 30.9 Å². The highest BCUT2D eigenvalue weighted by Gasteiger charge is 2.54. The van der Waals surface area contributed by atoms with Crippen LogP contribution in [0.15, 0.2) is 41.1 Å². The number of aryl methyl sites for hydroxylation is 1. The first kappa shape index (κ1) is 29.3. The predicted octanol–water partition coefficient (Wildman–Crippen LogP) is -0.504. The van der Waals surface area contributed by atoms with Crippen molar-refractivity contribution < 1.29 is 33.3 Å². The van der Waals surface area contributed by atoms with Crippen molar-refractivity contribution in [3.05, 3.63) is 41.8 Å². The van der Waals surface area contributed by atoms with Crippen LogP contribution in [-0.4, -0.2) is 96.5 Å². The number of pyridine rings is 1. The number of nitrogens with two attached hydrogens (primary N) is 1.